The van der Waals surface area contributed by atoms with Gasteiger partial charge in [-0.1, -0.05) is 18.2 Å². The molecule has 4 nitrogen and oxygen atoms in total. The SMILES string of the molecule is COc1cccc(OCc2ccc(B(O)O)cc2F)c1. The highest BCUT2D eigenvalue weighted by Gasteiger charge is 2.13. The lowest BCUT2D eigenvalue weighted by molar-refractivity contribution is 0.297. The lowest BCUT2D eigenvalue weighted by Crippen LogP contribution is -2.30. The van der Waals surface area contributed by atoms with Crippen molar-refractivity contribution in [1.29, 1.82) is 0 Å². The second kappa shape index (κ2) is 6.41. The molecule has 20 heavy (non-hydrogen) atoms. The highest BCUT2D eigenvalue weighted by Crippen LogP contribution is 2.20. The molecule has 0 aliphatic heterocycles. The van der Waals surface area contributed by atoms with Crippen LogP contribution in [0.25, 0.3) is 0 Å². The summed E-state index contributed by atoms with van der Waals surface area (Å²) in [6.45, 7) is 0.0425. The summed E-state index contributed by atoms with van der Waals surface area (Å²) in [4.78, 5) is 0. The Kier molecular flexibility index (Phi) is 4.60. The highest BCUT2D eigenvalue weighted by atomic mass is 19.1. The van der Waals surface area contributed by atoms with Crippen molar-refractivity contribution in [3.05, 3.63) is 53.8 Å². The Bertz CT molecular complexity index is 589. The van der Waals surface area contributed by atoms with Gasteiger partial charge in [0.15, 0.2) is 0 Å². The van der Waals surface area contributed by atoms with E-state index in [2.05, 4.69) is 0 Å². The summed E-state index contributed by atoms with van der Waals surface area (Å²) in [5.74, 6) is 0.676. The third kappa shape index (κ3) is 3.49. The van der Waals surface area contributed by atoms with Gasteiger partial charge in [0, 0.05) is 11.6 Å². The zero-order valence-corrected chi connectivity index (χ0v) is 10.9. The van der Waals surface area contributed by atoms with E-state index in [1.54, 1.807) is 31.4 Å². The molecule has 0 heterocycles. The normalized spacial score (nSPS) is 10.2. The molecule has 0 unspecified atom stereocenters. The Labute approximate surface area is 116 Å². The molecule has 0 fully saturated rings. The third-order valence-corrected chi connectivity index (χ3v) is 2.81. The average molecular weight is 276 g/mol. The molecule has 2 N–H and O–H groups in total. The first-order valence-electron chi connectivity index (χ1n) is 6.01. The Morgan fingerprint density at radius 1 is 1.10 bits per heavy atom. The van der Waals surface area contributed by atoms with E-state index >= 15 is 0 Å². The molecule has 0 radical (unpaired) electrons. The van der Waals surface area contributed by atoms with Gasteiger partial charge in [0.25, 0.3) is 0 Å². The van der Waals surface area contributed by atoms with Crippen LogP contribution in [0.2, 0.25) is 0 Å². The largest absolute Gasteiger partial charge is 0.497 e. The summed E-state index contributed by atoms with van der Waals surface area (Å²) >= 11 is 0. The Morgan fingerprint density at radius 3 is 2.50 bits per heavy atom. The average Bonchev–Trinajstić information content (AvgIpc) is 2.46. The summed E-state index contributed by atoms with van der Waals surface area (Å²) in [5, 5.41) is 17.9. The van der Waals surface area contributed by atoms with Crippen molar-refractivity contribution in [3.63, 3.8) is 0 Å². The zero-order chi connectivity index (χ0) is 14.5. The number of halogens is 1. The first-order valence-corrected chi connectivity index (χ1v) is 6.01. The van der Waals surface area contributed by atoms with Crippen molar-refractivity contribution < 1.29 is 23.9 Å². The second-order valence-electron chi connectivity index (χ2n) is 4.19. The van der Waals surface area contributed by atoms with Crippen LogP contribution >= 0.6 is 0 Å². The van der Waals surface area contributed by atoms with Gasteiger partial charge < -0.3 is 19.5 Å². The molecule has 0 saturated carbocycles. The summed E-state index contributed by atoms with van der Waals surface area (Å²) in [7, 11) is -0.129. The Balaban J connectivity index is 2.07. The fourth-order valence-electron chi connectivity index (χ4n) is 1.69. The van der Waals surface area contributed by atoms with E-state index < -0.39 is 12.9 Å². The van der Waals surface area contributed by atoms with Crippen LogP contribution in [-0.4, -0.2) is 24.3 Å². The minimum Gasteiger partial charge on any atom is -0.497 e. The predicted molar refractivity (Wildman–Crippen MR) is 73.6 cm³/mol. The maximum absolute atomic E-state index is 13.7. The van der Waals surface area contributed by atoms with E-state index in [-0.39, 0.29) is 12.1 Å². The first kappa shape index (κ1) is 14.4. The van der Waals surface area contributed by atoms with Crippen molar-refractivity contribution in [1.82, 2.24) is 0 Å². The molecule has 0 amide bonds. The molecule has 2 aromatic rings. The molecule has 104 valence electrons. The van der Waals surface area contributed by atoms with Gasteiger partial charge in [-0.25, -0.2) is 4.39 Å². The van der Waals surface area contributed by atoms with Crippen molar-refractivity contribution >= 4 is 12.6 Å². The van der Waals surface area contributed by atoms with Crippen LogP contribution in [0.15, 0.2) is 42.5 Å². The molecule has 0 bridgehead atoms. The van der Waals surface area contributed by atoms with Crippen LogP contribution in [0.1, 0.15) is 5.56 Å². The smallest absolute Gasteiger partial charge is 0.488 e. The zero-order valence-electron chi connectivity index (χ0n) is 10.9. The molecule has 0 spiro atoms. The fourth-order valence-corrected chi connectivity index (χ4v) is 1.69. The van der Waals surface area contributed by atoms with E-state index in [0.29, 0.717) is 17.1 Å². The summed E-state index contributed by atoms with van der Waals surface area (Å²) in [5.41, 5.74) is 0.435. The summed E-state index contributed by atoms with van der Waals surface area (Å²) in [6.07, 6.45) is 0. The molecule has 0 aromatic heterocycles. The quantitative estimate of drug-likeness (QED) is 0.803. The molecule has 2 aromatic carbocycles. The maximum Gasteiger partial charge on any atom is 0.488 e. The number of hydrogen-bond acceptors (Lipinski definition) is 4. The van der Waals surface area contributed by atoms with Gasteiger partial charge in [-0.05, 0) is 23.7 Å². The molecule has 6 heteroatoms. The summed E-state index contributed by atoms with van der Waals surface area (Å²) in [6, 6.07) is 11.0. The number of benzene rings is 2. The number of ether oxygens (including phenoxy) is 2. The predicted octanol–water partition coefficient (Wildman–Crippen LogP) is 1.09. The van der Waals surface area contributed by atoms with Crippen LogP contribution in [0.3, 0.4) is 0 Å². The molecule has 2 rings (SSSR count). The van der Waals surface area contributed by atoms with Gasteiger partial charge in [0.1, 0.15) is 23.9 Å². The van der Waals surface area contributed by atoms with Crippen LogP contribution in [0.4, 0.5) is 4.39 Å². The van der Waals surface area contributed by atoms with Gasteiger partial charge in [0.2, 0.25) is 0 Å². The molecule has 0 aliphatic carbocycles. The standard InChI is InChI=1S/C14H14BFO4/c1-19-12-3-2-4-13(8-12)20-9-10-5-6-11(15(17)18)7-14(10)16/h2-8,17-18H,9H2,1H3. The number of rotatable bonds is 5. The number of hydrogen-bond donors (Lipinski definition) is 2. The van der Waals surface area contributed by atoms with E-state index in [0.717, 1.165) is 6.07 Å². The third-order valence-electron chi connectivity index (χ3n) is 2.81. The van der Waals surface area contributed by atoms with Gasteiger partial charge in [0.05, 0.1) is 7.11 Å². The van der Waals surface area contributed by atoms with Gasteiger partial charge in [-0.15, -0.1) is 0 Å². The van der Waals surface area contributed by atoms with E-state index in [1.165, 1.54) is 12.1 Å². The van der Waals surface area contributed by atoms with Crippen LogP contribution in [-0.2, 0) is 6.61 Å². The molecule has 0 aliphatic rings. The number of methoxy groups -OCH3 is 1. The second-order valence-corrected chi connectivity index (χ2v) is 4.19. The summed E-state index contributed by atoms with van der Waals surface area (Å²) < 4.78 is 24.3. The Hall–Kier alpha value is -2.05. The van der Waals surface area contributed by atoms with Gasteiger partial charge in [-0.2, -0.15) is 0 Å². The molecule has 0 saturated heterocycles. The molecular formula is C14H14BFO4. The van der Waals surface area contributed by atoms with Crippen molar-refractivity contribution in [2.45, 2.75) is 6.61 Å². The van der Waals surface area contributed by atoms with E-state index in [4.69, 9.17) is 19.5 Å². The first-order chi connectivity index (χ1) is 9.60. The van der Waals surface area contributed by atoms with Crippen LogP contribution in [0, 0.1) is 5.82 Å². The highest BCUT2D eigenvalue weighted by molar-refractivity contribution is 6.58. The molecule has 0 atom stereocenters. The lowest BCUT2D eigenvalue weighted by Gasteiger charge is -2.09. The van der Waals surface area contributed by atoms with E-state index in [9.17, 15) is 4.39 Å². The van der Waals surface area contributed by atoms with Crippen molar-refractivity contribution in [3.8, 4) is 11.5 Å². The van der Waals surface area contributed by atoms with E-state index in [1.807, 2.05) is 0 Å². The monoisotopic (exact) mass is 276 g/mol. The van der Waals surface area contributed by atoms with Gasteiger partial charge >= 0.3 is 7.12 Å². The van der Waals surface area contributed by atoms with Crippen LogP contribution < -0.4 is 14.9 Å². The Morgan fingerprint density at radius 2 is 1.85 bits per heavy atom. The minimum atomic E-state index is -1.68. The van der Waals surface area contributed by atoms with Crippen LogP contribution in [0.5, 0.6) is 11.5 Å². The maximum atomic E-state index is 13.7. The van der Waals surface area contributed by atoms with Gasteiger partial charge in [-0.3, -0.25) is 0 Å². The van der Waals surface area contributed by atoms with Crippen molar-refractivity contribution in [2.24, 2.45) is 0 Å². The minimum absolute atomic E-state index is 0.0425. The van der Waals surface area contributed by atoms with Crippen molar-refractivity contribution in [2.75, 3.05) is 7.11 Å². The lowest BCUT2D eigenvalue weighted by atomic mass is 9.80. The molecular weight excluding hydrogens is 262 g/mol. The fraction of sp³-hybridized carbons (Fsp3) is 0.143. The topological polar surface area (TPSA) is 58.9 Å².